The molecule has 2 amide bonds. The fraction of sp³-hybridized carbons (Fsp3) is 0.292. The number of H-pyrrole nitrogens is 1. The van der Waals surface area contributed by atoms with Gasteiger partial charge in [-0.05, 0) is 55.0 Å². The first-order valence-corrected chi connectivity index (χ1v) is 13.2. The molecule has 0 spiro atoms. The van der Waals surface area contributed by atoms with E-state index in [9.17, 15) is 9.59 Å². The summed E-state index contributed by atoms with van der Waals surface area (Å²) < 4.78 is 0. The van der Waals surface area contributed by atoms with Crippen molar-refractivity contribution >= 4 is 51.6 Å². The van der Waals surface area contributed by atoms with Crippen LogP contribution >= 0.6 is 23.1 Å². The van der Waals surface area contributed by atoms with Crippen LogP contribution in [-0.4, -0.2) is 56.5 Å². The maximum absolute atomic E-state index is 12.7. The van der Waals surface area contributed by atoms with E-state index in [2.05, 4.69) is 37.8 Å². The zero-order chi connectivity index (χ0) is 23.5. The van der Waals surface area contributed by atoms with E-state index < -0.39 is 0 Å². The number of fused-ring (bicyclic) bond motifs is 1. The molecule has 0 atom stereocenters. The van der Waals surface area contributed by atoms with Gasteiger partial charge in [-0.1, -0.05) is 12.1 Å². The number of nitrogens with zero attached hydrogens (tertiary/aromatic N) is 4. The third kappa shape index (κ3) is 4.97. The highest BCUT2D eigenvalue weighted by molar-refractivity contribution is 7.98. The van der Waals surface area contributed by atoms with Gasteiger partial charge in [0.2, 0.25) is 5.91 Å². The van der Waals surface area contributed by atoms with Gasteiger partial charge in [-0.2, -0.15) is 15.4 Å². The van der Waals surface area contributed by atoms with Gasteiger partial charge in [0.1, 0.15) is 16.7 Å². The zero-order valence-corrected chi connectivity index (χ0v) is 20.3. The fourth-order valence-electron chi connectivity index (χ4n) is 4.10. The Labute approximate surface area is 205 Å². The van der Waals surface area contributed by atoms with E-state index in [0.29, 0.717) is 36.4 Å². The highest BCUT2D eigenvalue weighted by Crippen LogP contribution is 2.31. The molecule has 1 saturated heterocycles. The normalized spacial score (nSPS) is 14.4. The minimum atomic E-state index is -0.245. The summed E-state index contributed by atoms with van der Waals surface area (Å²) in [6, 6.07) is 13.5. The number of likely N-dealkylation sites (tertiary alicyclic amines) is 1. The number of hydrogen-bond acceptors (Lipinski definition) is 7. The molecule has 0 radical (unpaired) electrons. The molecule has 174 valence electrons. The number of nitrogens with one attached hydrogen (secondary N) is 2. The Balaban J connectivity index is 1.15. The topological polar surface area (TPSA) is 104 Å². The third-order valence-electron chi connectivity index (χ3n) is 6.04. The number of aromatic amines is 1. The predicted octanol–water partition coefficient (Wildman–Crippen LogP) is 4.34. The van der Waals surface area contributed by atoms with Crippen molar-refractivity contribution in [2.24, 2.45) is 0 Å². The summed E-state index contributed by atoms with van der Waals surface area (Å²) in [7, 11) is 0. The Morgan fingerprint density at radius 2 is 1.88 bits per heavy atom. The van der Waals surface area contributed by atoms with Gasteiger partial charge in [-0.3, -0.25) is 9.59 Å². The molecule has 3 heterocycles. The van der Waals surface area contributed by atoms with Crippen LogP contribution in [0.25, 0.3) is 11.0 Å². The number of carbonyl (C=O) groups excluding carboxylic acids is 2. The van der Waals surface area contributed by atoms with E-state index in [1.165, 1.54) is 16.2 Å². The van der Waals surface area contributed by atoms with Crippen molar-refractivity contribution in [2.75, 3.05) is 24.7 Å². The molecule has 5 rings (SSSR count). The minimum Gasteiger partial charge on any atom is -0.342 e. The first-order valence-electron chi connectivity index (χ1n) is 11.1. The first kappa shape index (κ1) is 22.5. The highest BCUT2D eigenvalue weighted by Gasteiger charge is 2.26. The molecule has 34 heavy (non-hydrogen) atoms. The van der Waals surface area contributed by atoms with Crippen LogP contribution in [0.5, 0.6) is 0 Å². The Bertz CT molecular complexity index is 1310. The van der Waals surface area contributed by atoms with E-state index in [1.54, 1.807) is 35.3 Å². The molecule has 2 aromatic heterocycles. The van der Waals surface area contributed by atoms with Crippen LogP contribution < -0.4 is 5.32 Å². The quantitative estimate of drug-likeness (QED) is 0.388. The highest BCUT2D eigenvalue weighted by atomic mass is 32.2. The number of rotatable bonds is 6. The first-order chi connectivity index (χ1) is 16.6. The Morgan fingerprint density at radius 1 is 1.12 bits per heavy atom. The summed E-state index contributed by atoms with van der Waals surface area (Å²) in [4.78, 5) is 33.2. The summed E-state index contributed by atoms with van der Waals surface area (Å²) in [6.45, 7) is 1.43. The average Bonchev–Trinajstić information content (AvgIpc) is 3.54. The van der Waals surface area contributed by atoms with Crippen LogP contribution in [0, 0.1) is 0 Å². The van der Waals surface area contributed by atoms with Gasteiger partial charge < -0.3 is 10.2 Å². The Hall–Kier alpha value is -3.24. The van der Waals surface area contributed by atoms with Crippen molar-refractivity contribution in [1.29, 1.82) is 0 Å². The van der Waals surface area contributed by atoms with Crippen molar-refractivity contribution in [3.8, 4) is 0 Å². The largest absolute Gasteiger partial charge is 0.342 e. The summed E-state index contributed by atoms with van der Waals surface area (Å²) in [5.74, 6) is 0.187. The molecular formula is C24H24N6O2S2. The summed E-state index contributed by atoms with van der Waals surface area (Å²) in [6.07, 6.45) is 4.19. The lowest BCUT2D eigenvalue weighted by molar-refractivity contribution is -0.131. The summed E-state index contributed by atoms with van der Waals surface area (Å²) in [5, 5.41) is 16.3. The van der Waals surface area contributed by atoms with E-state index >= 15 is 0 Å². The number of thioether (sulfide) groups is 1. The van der Waals surface area contributed by atoms with Gasteiger partial charge >= 0.3 is 0 Å². The lowest BCUT2D eigenvalue weighted by Crippen LogP contribution is -2.38. The number of piperidine rings is 1. The number of aromatic nitrogens is 4. The van der Waals surface area contributed by atoms with Crippen LogP contribution in [0.15, 0.2) is 52.7 Å². The molecule has 1 aliphatic rings. The minimum absolute atomic E-state index is 0.165. The molecule has 1 aliphatic heterocycles. The second-order valence-electron chi connectivity index (χ2n) is 8.23. The molecule has 10 heteroatoms. The van der Waals surface area contributed by atoms with Crippen LogP contribution in [0.1, 0.15) is 39.8 Å². The molecule has 4 aromatic rings. The number of anilines is 1. The molecule has 8 nitrogen and oxygen atoms in total. The number of amides is 2. The van der Waals surface area contributed by atoms with Crippen LogP contribution in [0.2, 0.25) is 0 Å². The Kier molecular flexibility index (Phi) is 6.59. The summed E-state index contributed by atoms with van der Waals surface area (Å²) >= 11 is 3.21. The van der Waals surface area contributed by atoms with Gasteiger partial charge in [0.05, 0.1) is 11.4 Å². The molecule has 0 saturated carbocycles. The molecule has 1 fully saturated rings. The van der Waals surface area contributed by atoms with E-state index in [4.69, 9.17) is 0 Å². The molecular weight excluding hydrogens is 468 g/mol. The predicted molar refractivity (Wildman–Crippen MR) is 134 cm³/mol. The lowest BCUT2D eigenvalue weighted by Gasteiger charge is -2.31. The molecule has 2 aromatic carbocycles. The number of carbonyl (C=O) groups is 2. The van der Waals surface area contributed by atoms with Gasteiger partial charge in [0, 0.05) is 35.0 Å². The second-order valence-corrected chi connectivity index (χ2v) is 10.0. The van der Waals surface area contributed by atoms with Crippen molar-refractivity contribution < 1.29 is 9.59 Å². The van der Waals surface area contributed by atoms with Crippen LogP contribution in [0.4, 0.5) is 5.69 Å². The van der Waals surface area contributed by atoms with Crippen molar-refractivity contribution in [3.05, 3.63) is 64.1 Å². The van der Waals surface area contributed by atoms with Crippen molar-refractivity contribution in [2.45, 2.75) is 30.1 Å². The van der Waals surface area contributed by atoms with Gasteiger partial charge in [0.15, 0.2) is 0 Å². The zero-order valence-electron chi connectivity index (χ0n) is 18.7. The van der Waals surface area contributed by atoms with E-state index in [1.807, 2.05) is 23.3 Å². The van der Waals surface area contributed by atoms with E-state index in [0.717, 1.165) is 28.9 Å². The number of benzene rings is 2. The Morgan fingerprint density at radius 3 is 2.65 bits per heavy atom. The summed E-state index contributed by atoms with van der Waals surface area (Å²) in [5.41, 5.74) is 3.54. The lowest BCUT2D eigenvalue weighted by atomic mass is 9.97. The second kappa shape index (κ2) is 9.94. The van der Waals surface area contributed by atoms with Gasteiger partial charge in [-0.25, -0.2) is 4.98 Å². The van der Waals surface area contributed by atoms with Crippen LogP contribution in [0.3, 0.4) is 0 Å². The monoisotopic (exact) mass is 492 g/mol. The molecule has 2 N–H and O–H groups in total. The van der Waals surface area contributed by atoms with Crippen LogP contribution in [-0.2, 0) is 11.2 Å². The third-order valence-corrected chi connectivity index (χ3v) is 7.79. The number of thiazole rings is 1. The number of hydrogen-bond donors (Lipinski definition) is 2. The van der Waals surface area contributed by atoms with E-state index in [-0.39, 0.29) is 17.7 Å². The van der Waals surface area contributed by atoms with Crippen molar-refractivity contribution in [1.82, 2.24) is 25.3 Å². The van der Waals surface area contributed by atoms with Gasteiger partial charge in [0.25, 0.3) is 5.91 Å². The molecule has 0 aliphatic carbocycles. The standard InChI is InChI=1S/C24H24N6O2S2/c1-33-18-5-2-15(3-6-18)12-22(31)30-10-8-16(9-11-30)24-26-21(14-34-24)23(32)25-17-4-7-19-20(13-17)28-29-27-19/h2-7,13-14,16H,8-12H2,1H3,(H,25,32)(H,27,28,29). The fourth-order valence-corrected chi connectivity index (χ4v) is 5.48. The SMILES string of the molecule is CSc1ccc(CC(=O)N2CCC(c3nc(C(=O)Nc4ccc5n[nH]nc5c4)cs3)CC2)cc1. The smallest absolute Gasteiger partial charge is 0.275 e. The van der Waals surface area contributed by atoms with Gasteiger partial charge in [-0.15, -0.1) is 23.1 Å². The average molecular weight is 493 g/mol. The maximum atomic E-state index is 12.7. The molecule has 0 bridgehead atoms. The molecule has 0 unspecified atom stereocenters. The maximum Gasteiger partial charge on any atom is 0.275 e. The van der Waals surface area contributed by atoms with Crippen molar-refractivity contribution in [3.63, 3.8) is 0 Å².